The lowest BCUT2D eigenvalue weighted by molar-refractivity contribution is 0.590. The number of rotatable bonds is 8. The molecule has 1 N–H and O–H groups in total. The molecule has 4 aromatic rings. The highest BCUT2D eigenvalue weighted by Gasteiger charge is 2.21. The van der Waals surface area contributed by atoms with Crippen LogP contribution in [0.15, 0.2) is 45.1 Å². The molecule has 1 aromatic carbocycles. The molecule has 34 heavy (non-hydrogen) atoms. The topological polar surface area (TPSA) is 103 Å². The number of hydrogen-bond acceptors (Lipinski definition) is 6. The molecule has 5 rings (SSSR count). The van der Waals surface area contributed by atoms with Crippen LogP contribution in [0.25, 0.3) is 11.2 Å². The number of hydrogen-bond donors (Lipinski definition) is 1. The van der Waals surface area contributed by atoms with E-state index in [1.807, 2.05) is 34.9 Å². The van der Waals surface area contributed by atoms with Crippen molar-refractivity contribution in [2.45, 2.75) is 76.0 Å². The van der Waals surface area contributed by atoms with E-state index in [2.05, 4.69) is 26.7 Å². The maximum Gasteiger partial charge on any atom is 0.330 e. The molecule has 0 atom stereocenters. The fourth-order valence-corrected chi connectivity index (χ4v) is 5.42. The third-order valence-corrected chi connectivity index (χ3v) is 7.25. The largest absolute Gasteiger partial charge is 0.330 e. The minimum absolute atomic E-state index is 0.349. The summed E-state index contributed by atoms with van der Waals surface area (Å²) in [6.07, 6.45) is 6.37. The van der Waals surface area contributed by atoms with Crippen LogP contribution in [-0.4, -0.2) is 33.9 Å². The summed E-state index contributed by atoms with van der Waals surface area (Å²) < 4.78 is 5.76. The molecule has 0 saturated heterocycles. The Morgan fingerprint density at radius 3 is 2.74 bits per heavy atom. The Morgan fingerprint density at radius 1 is 1.06 bits per heavy atom. The van der Waals surface area contributed by atoms with Crippen molar-refractivity contribution in [3.05, 3.63) is 68.4 Å². The maximum atomic E-state index is 12.9. The summed E-state index contributed by atoms with van der Waals surface area (Å²) in [6.45, 7) is 4.08. The van der Waals surface area contributed by atoms with Crippen molar-refractivity contribution in [2.24, 2.45) is 0 Å². The average molecular weight is 480 g/mol. The second-order valence-corrected chi connectivity index (χ2v) is 9.63. The van der Waals surface area contributed by atoms with E-state index in [-0.39, 0.29) is 5.56 Å². The van der Waals surface area contributed by atoms with Gasteiger partial charge in [0.2, 0.25) is 0 Å². The van der Waals surface area contributed by atoms with Crippen molar-refractivity contribution in [2.75, 3.05) is 0 Å². The van der Waals surface area contributed by atoms with Crippen LogP contribution in [0, 0.1) is 0 Å². The Hall–Kier alpha value is -3.14. The summed E-state index contributed by atoms with van der Waals surface area (Å²) in [6, 6.07) is 9.74. The van der Waals surface area contributed by atoms with Crippen molar-refractivity contribution in [1.29, 1.82) is 0 Å². The first kappa shape index (κ1) is 22.6. The smallest absolute Gasteiger partial charge is 0.321 e. The highest BCUT2D eigenvalue weighted by molar-refractivity contribution is 7.98. The Morgan fingerprint density at radius 2 is 1.91 bits per heavy atom. The van der Waals surface area contributed by atoms with E-state index in [4.69, 9.17) is 4.98 Å². The monoisotopic (exact) mass is 479 g/mol. The molecule has 0 radical (unpaired) electrons. The number of thioether (sulfide) groups is 1. The predicted octanol–water partition coefficient (Wildman–Crippen LogP) is 3.34. The molecule has 178 valence electrons. The first-order chi connectivity index (χ1) is 16.7. The molecule has 0 saturated carbocycles. The van der Waals surface area contributed by atoms with Crippen LogP contribution in [0.3, 0.4) is 0 Å². The van der Waals surface area contributed by atoms with E-state index in [1.165, 1.54) is 6.42 Å². The normalized spacial score (nSPS) is 13.8. The Balaban J connectivity index is 1.54. The first-order valence-electron chi connectivity index (χ1n) is 12.0. The third-order valence-electron chi connectivity index (χ3n) is 6.29. The fraction of sp³-hybridized carbons (Fsp3) is 0.458. The predicted molar refractivity (Wildman–Crippen MR) is 132 cm³/mol. The lowest BCUT2D eigenvalue weighted by Gasteiger charge is -2.09. The van der Waals surface area contributed by atoms with Gasteiger partial charge in [-0.05, 0) is 24.8 Å². The summed E-state index contributed by atoms with van der Waals surface area (Å²) in [7, 11) is 0. The highest BCUT2D eigenvalue weighted by Crippen LogP contribution is 2.26. The number of nitrogens with zero attached hydrogens (tertiary/aromatic N) is 6. The summed E-state index contributed by atoms with van der Waals surface area (Å²) in [4.78, 5) is 33.0. The highest BCUT2D eigenvalue weighted by atomic mass is 32.2. The zero-order valence-electron chi connectivity index (χ0n) is 19.4. The van der Waals surface area contributed by atoms with Gasteiger partial charge in [0, 0.05) is 19.5 Å². The van der Waals surface area contributed by atoms with Crippen LogP contribution in [0.5, 0.6) is 0 Å². The zero-order valence-corrected chi connectivity index (χ0v) is 20.2. The minimum atomic E-state index is -0.441. The molecule has 0 amide bonds. The summed E-state index contributed by atoms with van der Waals surface area (Å²) in [5, 5.41) is 9.71. The second kappa shape index (κ2) is 10.0. The number of nitrogens with one attached hydrogen (secondary N) is 1. The van der Waals surface area contributed by atoms with Gasteiger partial charge in [0.25, 0.3) is 5.56 Å². The van der Waals surface area contributed by atoms with E-state index in [9.17, 15) is 9.59 Å². The minimum Gasteiger partial charge on any atom is -0.321 e. The van der Waals surface area contributed by atoms with Gasteiger partial charge in [-0.2, -0.15) is 0 Å². The number of aryl methyl sites for hydroxylation is 2. The molecule has 0 bridgehead atoms. The number of unbranched alkanes of at least 4 members (excludes halogenated alkanes) is 1. The molecule has 10 heteroatoms. The van der Waals surface area contributed by atoms with E-state index < -0.39 is 5.69 Å². The van der Waals surface area contributed by atoms with Gasteiger partial charge in [0.05, 0.1) is 12.3 Å². The molecular formula is C24H29N7O2S. The molecule has 0 fully saturated rings. The average Bonchev–Trinajstić information content (AvgIpc) is 3.31. The van der Waals surface area contributed by atoms with E-state index in [0.29, 0.717) is 30.0 Å². The van der Waals surface area contributed by atoms with Gasteiger partial charge in [-0.3, -0.25) is 14.3 Å². The van der Waals surface area contributed by atoms with Crippen LogP contribution < -0.4 is 11.2 Å². The van der Waals surface area contributed by atoms with Crippen LogP contribution in [0.2, 0.25) is 0 Å². The molecule has 0 spiro atoms. The van der Waals surface area contributed by atoms with Gasteiger partial charge < -0.3 is 9.13 Å². The summed E-state index contributed by atoms with van der Waals surface area (Å²) in [5.74, 6) is 2.38. The zero-order chi connectivity index (χ0) is 23.5. The Bertz CT molecular complexity index is 1400. The lowest BCUT2D eigenvalue weighted by atomic mass is 10.2. The van der Waals surface area contributed by atoms with Crippen molar-refractivity contribution in [1.82, 2.24) is 33.9 Å². The van der Waals surface area contributed by atoms with Gasteiger partial charge >= 0.3 is 5.69 Å². The number of fused-ring (bicyclic) bond motifs is 2. The molecular weight excluding hydrogens is 450 g/mol. The SMILES string of the molecule is CCCCn1c(CSc2nnc3n2CCCCC3)nc2c1c(=O)[nH]c(=O)n2Cc1ccccc1. The van der Waals surface area contributed by atoms with Crippen molar-refractivity contribution < 1.29 is 0 Å². The van der Waals surface area contributed by atoms with Crippen LogP contribution in [0.4, 0.5) is 0 Å². The van der Waals surface area contributed by atoms with Gasteiger partial charge in [-0.15, -0.1) is 10.2 Å². The van der Waals surface area contributed by atoms with E-state index >= 15 is 0 Å². The number of benzene rings is 1. The summed E-state index contributed by atoms with van der Waals surface area (Å²) >= 11 is 1.59. The van der Waals surface area contributed by atoms with E-state index in [1.54, 1.807) is 16.3 Å². The fourth-order valence-electron chi connectivity index (χ4n) is 4.49. The van der Waals surface area contributed by atoms with Crippen molar-refractivity contribution >= 4 is 22.9 Å². The number of aromatic nitrogens is 7. The third kappa shape index (κ3) is 4.46. The molecule has 0 unspecified atom stereocenters. The lowest BCUT2D eigenvalue weighted by Crippen LogP contribution is -2.31. The van der Waals surface area contributed by atoms with Crippen molar-refractivity contribution in [3.8, 4) is 0 Å². The molecule has 3 aromatic heterocycles. The van der Waals surface area contributed by atoms with Crippen LogP contribution in [0.1, 0.15) is 56.2 Å². The number of H-pyrrole nitrogens is 1. The van der Waals surface area contributed by atoms with Gasteiger partial charge in [-0.25, -0.2) is 9.78 Å². The first-order valence-corrected chi connectivity index (χ1v) is 12.9. The quantitative estimate of drug-likeness (QED) is 0.389. The van der Waals surface area contributed by atoms with Crippen molar-refractivity contribution in [3.63, 3.8) is 0 Å². The number of aromatic amines is 1. The van der Waals surface area contributed by atoms with Gasteiger partial charge in [-0.1, -0.05) is 61.9 Å². The van der Waals surface area contributed by atoms with Crippen LogP contribution >= 0.6 is 11.8 Å². The van der Waals surface area contributed by atoms with Gasteiger partial charge in [0.15, 0.2) is 16.3 Å². The maximum absolute atomic E-state index is 12.9. The standard InChI is InChI=1S/C24H29N7O2S/c1-2-3-13-29-19(16-34-24-28-27-18-12-8-5-9-14-30(18)24)25-21-20(29)22(32)26-23(33)31(21)15-17-10-6-4-7-11-17/h4,6-7,10-11H,2-3,5,8-9,12-16H2,1H3,(H,26,32,33). The Kier molecular flexibility index (Phi) is 6.66. The molecule has 0 aliphatic carbocycles. The van der Waals surface area contributed by atoms with E-state index in [0.717, 1.165) is 61.0 Å². The summed E-state index contributed by atoms with van der Waals surface area (Å²) in [5.41, 5.74) is 1.04. The van der Waals surface area contributed by atoms with Gasteiger partial charge in [0.1, 0.15) is 11.6 Å². The number of imidazole rings is 1. The molecule has 4 heterocycles. The van der Waals surface area contributed by atoms with Crippen LogP contribution in [-0.2, 0) is 31.8 Å². The Labute approximate surface area is 201 Å². The molecule has 9 nitrogen and oxygen atoms in total. The second-order valence-electron chi connectivity index (χ2n) is 8.69. The molecule has 1 aliphatic heterocycles. The molecule has 1 aliphatic rings.